The zero-order valence-corrected chi connectivity index (χ0v) is 15.2. The molecule has 0 saturated carbocycles. The number of anilines is 1. The molecular formula is C20H24ClNO3. The highest BCUT2D eigenvalue weighted by atomic mass is 35.5. The molecule has 2 aromatic rings. The van der Waals surface area contributed by atoms with Crippen LogP contribution in [0.4, 0.5) is 5.69 Å². The lowest BCUT2D eigenvalue weighted by Crippen LogP contribution is -2.23. The Morgan fingerprint density at radius 3 is 2.68 bits per heavy atom. The fourth-order valence-electron chi connectivity index (χ4n) is 2.75. The van der Waals surface area contributed by atoms with Gasteiger partial charge < -0.3 is 19.5 Å². The van der Waals surface area contributed by atoms with E-state index < -0.39 is 0 Å². The largest absolute Gasteiger partial charge is 0.489 e. The van der Waals surface area contributed by atoms with E-state index >= 15 is 0 Å². The number of ether oxygens (including phenoxy) is 3. The van der Waals surface area contributed by atoms with Crippen molar-refractivity contribution in [2.24, 2.45) is 0 Å². The number of benzene rings is 2. The van der Waals surface area contributed by atoms with E-state index in [0.29, 0.717) is 23.9 Å². The molecule has 1 N–H and O–H groups in total. The predicted octanol–water partition coefficient (Wildman–Crippen LogP) is 4.78. The number of halogens is 1. The maximum atomic E-state index is 6.14. The normalized spacial score (nSPS) is 17.9. The summed E-state index contributed by atoms with van der Waals surface area (Å²) in [6.45, 7) is 4.08. The van der Waals surface area contributed by atoms with Crippen LogP contribution in [0, 0.1) is 0 Å². The van der Waals surface area contributed by atoms with Gasteiger partial charge in [0, 0.05) is 6.61 Å². The molecule has 5 heteroatoms. The number of hydrogen-bond donors (Lipinski definition) is 1. The molecular weight excluding hydrogens is 338 g/mol. The van der Waals surface area contributed by atoms with Gasteiger partial charge in [-0.05, 0) is 44.0 Å². The van der Waals surface area contributed by atoms with Gasteiger partial charge in [0.15, 0.2) is 0 Å². The smallest absolute Gasteiger partial charge is 0.142 e. The summed E-state index contributed by atoms with van der Waals surface area (Å²) < 4.78 is 17.4. The average molecular weight is 362 g/mol. The third kappa shape index (κ3) is 5.28. The molecule has 1 aliphatic rings. The van der Waals surface area contributed by atoms with Gasteiger partial charge in [-0.1, -0.05) is 35.9 Å². The second-order valence-corrected chi connectivity index (χ2v) is 6.59. The van der Waals surface area contributed by atoms with Crippen LogP contribution in [-0.2, 0) is 4.74 Å². The molecule has 25 heavy (non-hydrogen) atoms. The van der Waals surface area contributed by atoms with Crippen LogP contribution in [0.15, 0.2) is 48.5 Å². The minimum Gasteiger partial charge on any atom is -0.489 e. The Kier molecular flexibility index (Phi) is 6.42. The molecule has 0 bridgehead atoms. The standard InChI is InChI=1S/C20H24ClNO3/c1-15(25-19-10-4-2-8-17(19)21)13-22-18-9-3-5-11-20(18)24-14-16-7-6-12-23-16/h2-5,8-11,15-16,22H,6-7,12-14H2,1H3. The number of para-hydroxylation sites is 3. The lowest BCUT2D eigenvalue weighted by molar-refractivity contribution is 0.0682. The topological polar surface area (TPSA) is 39.7 Å². The van der Waals surface area contributed by atoms with Crippen LogP contribution in [0.3, 0.4) is 0 Å². The van der Waals surface area contributed by atoms with E-state index in [2.05, 4.69) is 5.32 Å². The minimum atomic E-state index is -0.0360. The summed E-state index contributed by atoms with van der Waals surface area (Å²) in [6, 6.07) is 15.4. The first kappa shape index (κ1) is 17.9. The Morgan fingerprint density at radius 2 is 1.92 bits per heavy atom. The van der Waals surface area contributed by atoms with Crippen LogP contribution in [-0.4, -0.2) is 32.0 Å². The van der Waals surface area contributed by atoms with Crippen LogP contribution in [0.1, 0.15) is 19.8 Å². The second kappa shape index (κ2) is 8.97. The summed E-state index contributed by atoms with van der Waals surface area (Å²) in [5, 5.41) is 4.01. The van der Waals surface area contributed by atoms with Crippen LogP contribution in [0.5, 0.6) is 11.5 Å². The van der Waals surface area contributed by atoms with E-state index in [1.807, 2.05) is 55.5 Å². The van der Waals surface area contributed by atoms with Gasteiger partial charge in [0.05, 0.1) is 23.4 Å². The number of hydrogen-bond acceptors (Lipinski definition) is 4. The van der Waals surface area contributed by atoms with E-state index in [0.717, 1.165) is 30.9 Å². The monoisotopic (exact) mass is 361 g/mol. The van der Waals surface area contributed by atoms with Gasteiger partial charge in [0.25, 0.3) is 0 Å². The van der Waals surface area contributed by atoms with Crippen molar-refractivity contribution in [3.8, 4) is 11.5 Å². The van der Waals surface area contributed by atoms with Gasteiger partial charge in [0.2, 0.25) is 0 Å². The minimum absolute atomic E-state index is 0.0360. The predicted molar refractivity (Wildman–Crippen MR) is 101 cm³/mol. The summed E-state index contributed by atoms with van der Waals surface area (Å²) in [4.78, 5) is 0. The Balaban J connectivity index is 1.52. The summed E-state index contributed by atoms with van der Waals surface area (Å²) in [5.74, 6) is 1.53. The summed E-state index contributed by atoms with van der Waals surface area (Å²) >= 11 is 6.14. The first-order chi connectivity index (χ1) is 12.2. The van der Waals surface area contributed by atoms with Crippen molar-refractivity contribution < 1.29 is 14.2 Å². The molecule has 0 aromatic heterocycles. The second-order valence-electron chi connectivity index (χ2n) is 6.18. The highest BCUT2D eigenvalue weighted by Crippen LogP contribution is 2.26. The highest BCUT2D eigenvalue weighted by Gasteiger charge is 2.17. The van der Waals surface area contributed by atoms with Crippen molar-refractivity contribution in [1.82, 2.24) is 0 Å². The quantitative estimate of drug-likeness (QED) is 0.734. The lowest BCUT2D eigenvalue weighted by Gasteiger charge is -2.19. The third-order valence-electron chi connectivity index (χ3n) is 4.08. The molecule has 2 atom stereocenters. The van der Waals surface area contributed by atoms with Gasteiger partial charge in [-0.3, -0.25) is 0 Å². The molecule has 1 fully saturated rings. The van der Waals surface area contributed by atoms with Crippen LogP contribution < -0.4 is 14.8 Å². The first-order valence-electron chi connectivity index (χ1n) is 8.71. The SMILES string of the molecule is CC(CNc1ccccc1OCC1CCCO1)Oc1ccccc1Cl. The maximum Gasteiger partial charge on any atom is 0.142 e. The van der Waals surface area contributed by atoms with E-state index in [1.165, 1.54) is 0 Å². The van der Waals surface area contributed by atoms with Gasteiger partial charge in [-0.25, -0.2) is 0 Å². The zero-order chi connectivity index (χ0) is 17.5. The van der Waals surface area contributed by atoms with E-state index in [9.17, 15) is 0 Å². The Bertz CT molecular complexity index is 673. The molecule has 0 aliphatic carbocycles. The summed E-state index contributed by atoms with van der Waals surface area (Å²) in [6.07, 6.45) is 2.35. The van der Waals surface area contributed by atoms with Crippen LogP contribution >= 0.6 is 11.6 Å². The zero-order valence-electron chi connectivity index (χ0n) is 14.4. The Labute approximate surface area is 154 Å². The van der Waals surface area contributed by atoms with Crippen molar-refractivity contribution >= 4 is 17.3 Å². The fraction of sp³-hybridized carbons (Fsp3) is 0.400. The van der Waals surface area contributed by atoms with E-state index in [-0.39, 0.29) is 12.2 Å². The molecule has 4 nitrogen and oxygen atoms in total. The first-order valence-corrected chi connectivity index (χ1v) is 9.08. The van der Waals surface area contributed by atoms with Gasteiger partial charge in [-0.15, -0.1) is 0 Å². The van der Waals surface area contributed by atoms with Crippen molar-refractivity contribution in [3.63, 3.8) is 0 Å². The van der Waals surface area contributed by atoms with Crippen molar-refractivity contribution in [2.75, 3.05) is 25.1 Å². The van der Waals surface area contributed by atoms with Gasteiger partial charge in [0.1, 0.15) is 24.2 Å². The molecule has 0 radical (unpaired) electrons. The highest BCUT2D eigenvalue weighted by molar-refractivity contribution is 6.32. The van der Waals surface area contributed by atoms with Crippen LogP contribution in [0.25, 0.3) is 0 Å². The van der Waals surface area contributed by atoms with Crippen molar-refractivity contribution in [1.29, 1.82) is 0 Å². The molecule has 2 unspecified atom stereocenters. The van der Waals surface area contributed by atoms with E-state index in [1.54, 1.807) is 0 Å². The molecule has 3 rings (SSSR count). The molecule has 2 aromatic carbocycles. The van der Waals surface area contributed by atoms with Crippen molar-refractivity contribution in [2.45, 2.75) is 32.0 Å². The van der Waals surface area contributed by atoms with Gasteiger partial charge in [-0.2, -0.15) is 0 Å². The third-order valence-corrected chi connectivity index (χ3v) is 4.39. The maximum absolute atomic E-state index is 6.14. The van der Waals surface area contributed by atoms with Crippen molar-refractivity contribution in [3.05, 3.63) is 53.6 Å². The average Bonchev–Trinajstić information content (AvgIpc) is 3.14. The summed E-state index contributed by atoms with van der Waals surface area (Å²) in [7, 11) is 0. The molecule has 1 saturated heterocycles. The molecule has 0 amide bonds. The summed E-state index contributed by atoms with van der Waals surface area (Å²) in [5.41, 5.74) is 0.954. The fourth-order valence-corrected chi connectivity index (χ4v) is 2.93. The Morgan fingerprint density at radius 1 is 1.16 bits per heavy atom. The van der Waals surface area contributed by atoms with Crippen LogP contribution in [0.2, 0.25) is 5.02 Å². The number of rotatable bonds is 8. The molecule has 0 spiro atoms. The molecule has 1 aliphatic heterocycles. The molecule has 134 valence electrons. The lowest BCUT2D eigenvalue weighted by atomic mass is 10.2. The Hall–Kier alpha value is -1.91. The van der Waals surface area contributed by atoms with Gasteiger partial charge >= 0.3 is 0 Å². The number of nitrogens with one attached hydrogen (secondary N) is 1. The molecule has 1 heterocycles. The van der Waals surface area contributed by atoms with E-state index in [4.69, 9.17) is 25.8 Å².